The van der Waals surface area contributed by atoms with Gasteiger partial charge in [-0.2, -0.15) is 0 Å². The number of nitrogens with two attached hydrogens (primary N) is 1. The topological polar surface area (TPSA) is 35.2 Å². The summed E-state index contributed by atoms with van der Waals surface area (Å²) in [5.74, 6) is 3.83. The smallest absolute Gasteiger partial charge is 0.170 e. The predicted molar refractivity (Wildman–Crippen MR) is 53.5 cm³/mol. The highest BCUT2D eigenvalue weighted by molar-refractivity contribution is 5.47. The van der Waals surface area contributed by atoms with Crippen molar-refractivity contribution in [2.75, 3.05) is 13.7 Å². The van der Waals surface area contributed by atoms with Gasteiger partial charge in [-0.15, -0.1) is 0 Å². The fraction of sp³-hybridized carbons (Fsp3) is 0.273. The van der Waals surface area contributed by atoms with Crippen molar-refractivity contribution < 1.29 is 13.5 Å². The molecule has 2 N–H and O–H groups in total. The first kappa shape index (κ1) is 11.5. The Morgan fingerprint density at radius 3 is 2.73 bits per heavy atom. The van der Waals surface area contributed by atoms with E-state index in [1.807, 2.05) is 0 Å². The molecule has 0 heterocycles. The van der Waals surface area contributed by atoms with Crippen LogP contribution in [-0.2, 0) is 0 Å². The van der Waals surface area contributed by atoms with Crippen molar-refractivity contribution >= 4 is 0 Å². The van der Waals surface area contributed by atoms with Crippen LogP contribution in [-0.4, -0.2) is 13.7 Å². The Kier molecular flexibility index (Phi) is 4.07. The summed E-state index contributed by atoms with van der Waals surface area (Å²) in [5.41, 5.74) is 5.44. The Bertz CT molecular complexity index is 407. The van der Waals surface area contributed by atoms with Crippen molar-refractivity contribution in [2.45, 2.75) is 6.42 Å². The van der Waals surface area contributed by atoms with E-state index in [1.165, 1.54) is 7.11 Å². The lowest BCUT2D eigenvalue weighted by Gasteiger charge is -2.04. The summed E-state index contributed by atoms with van der Waals surface area (Å²) in [7, 11) is 1.31. The third-order valence-electron chi connectivity index (χ3n) is 1.70. The molecule has 0 saturated heterocycles. The summed E-state index contributed by atoms with van der Waals surface area (Å²) in [6.45, 7) is 0.410. The number of methoxy groups -OCH3 is 1. The molecule has 15 heavy (non-hydrogen) atoms. The number of rotatable bonds is 2. The van der Waals surface area contributed by atoms with E-state index in [-0.39, 0.29) is 11.3 Å². The zero-order chi connectivity index (χ0) is 11.3. The van der Waals surface area contributed by atoms with Crippen LogP contribution in [0.5, 0.6) is 5.75 Å². The second-order valence-electron chi connectivity index (χ2n) is 2.81. The van der Waals surface area contributed by atoms with Crippen molar-refractivity contribution in [3.63, 3.8) is 0 Å². The highest BCUT2D eigenvalue weighted by Gasteiger charge is 2.09. The SMILES string of the molecule is COc1c(F)cc(F)cc1C#CCCN. The first-order valence-corrected chi connectivity index (χ1v) is 4.41. The molecule has 0 unspecified atom stereocenters. The molecule has 0 radical (unpaired) electrons. The molecule has 0 aromatic heterocycles. The van der Waals surface area contributed by atoms with E-state index in [2.05, 4.69) is 11.8 Å². The molecule has 1 rings (SSSR count). The van der Waals surface area contributed by atoms with E-state index in [1.54, 1.807) is 0 Å². The molecule has 1 aromatic carbocycles. The minimum atomic E-state index is -0.755. The van der Waals surface area contributed by atoms with Crippen LogP contribution in [0.2, 0.25) is 0 Å². The average Bonchev–Trinajstić information content (AvgIpc) is 2.17. The monoisotopic (exact) mass is 211 g/mol. The molecule has 0 aliphatic carbocycles. The lowest BCUT2D eigenvalue weighted by molar-refractivity contribution is 0.383. The van der Waals surface area contributed by atoms with Crippen LogP contribution >= 0.6 is 0 Å². The minimum Gasteiger partial charge on any atom is -0.492 e. The molecule has 0 fully saturated rings. The standard InChI is InChI=1S/C11H11F2NO/c1-15-11-8(4-2-3-5-14)6-9(12)7-10(11)13/h6-7H,3,5,14H2,1H3. The third-order valence-corrected chi connectivity index (χ3v) is 1.70. The summed E-state index contributed by atoms with van der Waals surface area (Å²) in [6.07, 6.45) is 0.473. The molecule has 0 saturated carbocycles. The molecule has 2 nitrogen and oxygen atoms in total. The second-order valence-corrected chi connectivity index (χ2v) is 2.81. The van der Waals surface area contributed by atoms with Crippen LogP contribution in [0.1, 0.15) is 12.0 Å². The first-order valence-electron chi connectivity index (χ1n) is 4.41. The molecule has 4 heteroatoms. The fourth-order valence-electron chi connectivity index (χ4n) is 1.09. The maximum atomic E-state index is 13.2. The molecule has 0 bridgehead atoms. The van der Waals surface area contributed by atoms with Gasteiger partial charge in [-0.05, 0) is 6.07 Å². The molecular formula is C11H11F2NO. The summed E-state index contributed by atoms with van der Waals surface area (Å²) in [5, 5.41) is 0. The van der Waals surface area contributed by atoms with Gasteiger partial charge in [0, 0.05) is 19.0 Å². The van der Waals surface area contributed by atoms with Gasteiger partial charge in [-0.3, -0.25) is 0 Å². The zero-order valence-electron chi connectivity index (χ0n) is 8.31. The number of halogens is 2. The molecule has 1 aromatic rings. The molecule has 80 valence electrons. The van der Waals surface area contributed by atoms with E-state index in [4.69, 9.17) is 10.5 Å². The largest absolute Gasteiger partial charge is 0.492 e. The van der Waals surface area contributed by atoms with E-state index < -0.39 is 11.6 Å². The Labute approximate surface area is 87.0 Å². The van der Waals surface area contributed by atoms with Gasteiger partial charge in [0.05, 0.1) is 12.7 Å². The Hall–Kier alpha value is -1.60. The normalized spacial score (nSPS) is 9.33. The van der Waals surface area contributed by atoms with E-state index in [9.17, 15) is 8.78 Å². The highest BCUT2D eigenvalue weighted by atomic mass is 19.1. The van der Waals surface area contributed by atoms with Gasteiger partial charge < -0.3 is 10.5 Å². The second kappa shape index (κ2) is 5.32. The third kappa shape index (κ3) is 2.93. The molecule has 0 aliphatic rings. The Morgan fingerprint density at radius 2 is 2.13 bits per heavy atom. The van der Waals surface area contributed by atoms with Crippen molar-refractivity contribution in [3.05, 3.63) is 29.3 Å². The summed E-state index contributed by atoms with van der Waals surface area (Å²) in [4.78, 5) is 0. The van der Waals surface area contributed by atoms with Crippen LogP contribution in [0.25, 0.3) is 0 Å². The maximum absolute atomic E-state index is 13.2. The summed E-state index contributed by atoms with van der Waals surface area (Å²) >= 11 is 0. The quantitative estimate of drug-likeness (QED) is 0.755. The molecule has 0 aliphatic heterocycles. The van der Waals surface area contributed by atoms with Gasteiger partial charge in [-0.25, -0.2) is 8.78 Å². The minimum absolute atomic E-state index is 0.0408. The van der Waals surface area contributed by atoms with Gasteiger partial charge in [0.2, 0.25) is 0 Å². The number of ether oxygens (including phenoxy) is 1. The lowest BCUT2D eigenvalue weighted by Crippen LogP contribution is -1.96. The van der Waals surface area contributed by atoms with Gasteiger partial charge in [0.25, 0.3) is 0 Å². The van der Waals surface area contributed by atoms with Crippen molar-refractivity contribution in [3.8, 4) is 17.6 Å². The van der Waals surface area contributed by atoms with Gasteiger partial charge >= 0.3 is 0 Å². The van der Waals surface area contributed by atoms with Gasteiger partial charge in [0.15, 0.2) is 11.6 Å². The summed E-state index contributed by atoms with van der Waals surface area (Å²) in [6, 6.07) is 1.89. The van der Waals surface area contributed by atoms with Gasteiger partial charge in [-0.1, -0.05) is 11.8 Å². The average molecular weight is 211 g/mol. The zero-order valence-corrected chi connectivity index (χ0v) is 8.31. The van der Waals surface area contributed by atoms with Crippen molar-refractivity contribution in [2.24, 2.45) is 5.73 Å². The molecule has 0 amide bonds. The number of hydrogen-bond donors (Lipinski definition) is 1. The molecular weight excluding hydrogens is 200 g/mol. The van der Waals surface area contributed by atoms with Crippen molar-refractivity contribution in [1.82, 2.24) is 0 Å². The fourth-order valence-corrected chi connectivity index (χ4v) is 1.09. The lowest BCUT2D eigenvalue weighted by atomic mass is 10.2. The van der Waals surface area contributed by atoms with Crippen LogP contribution in [0.4, 0.5) is 8.78 Å². The van der Waals surface area contributed by atoms with E-state index in [0.717, 1.165) is 12.1 Å². The van der Waals surface area contributed by atoms with Crippen LogP contribution < -0.4 is 10.5 Å². The van der Waals surface area contributed by atoms with Gasteiger partial charge in [0.1, 0.15) is 5.82 Å². The Balaban J connectivity index is 3.11. The maximum Gasteiger partial charge on any atom is 0.170 e. The van der Waals surface area contributed by atoms with Crippen LogP contribution in [0.3, 0.4) is 0 Å². The Morgan fingerprint density at radius 1 is 1.40 bits per heavy atom. The predicted octanol–water partition coefficient (Wildman–Crippen LogP) is 1.67. The highest BCUT2D eigenvalue weighted by Crippen LogP contribution is 2.22. The number of hydrogen-bond acceptors (Lipinski definition) is 2. The molecule has 0 spiro atoms. The summed E-state index contributed by atoms with van der Waals surface area (Å²) < 4.78 is 30.8. The molecule has 0 atom stereocenters. The van der Waals surface area contributed by atoms with Crippen LogP contribution in [0.15, 0.2) is 12.1 Å². The van der Waals surface area contributed by atoms with E-state index >= 15 is 0 Å². The van der Waals surface area contributed by atoms with Crippen LogP contribution in [0, 0.1) is 23.5 Å². The van der Waals surface area contributed by atoms with E-state index in [0.29, 0.717) is 13.0 Å². The van der Waals surface area contributed by atoms with Crippen molar-refractivity contribution in [1.29, 1.82) is 0 Å². The first-order chi connectivity index (χ1) is 7.19. The number of benzene rings is 1.